The molecule has 0 atom stereocenters. The molecule has 1 aromatic heterocycles. The number of nitrogens with zero attached hydrogens (tertiary/aromatic N) is 3. The van der Waals surface area contributed by atoms with E-state index in [0.717, 1.165) is 47.9 Å². The van der Waals surface area contributed by atoms with Crippen LogP contribution in [0.1, 0.15) is 18.1 Å². The molecule has 8 heteroatoms. The maximum Gasteiger partial charge on any atom is 0.234 e. The summed E-state index contributed by atoms with van der Waals surface area (Å²) in [7, 11) is 0. The Bertz CT molecular complexity index is 981. The van der Waals surface area contributed by atoms with E-state index in [0.29, 0.717) is 0 Å². The number of aromatic nitrogens is 3. The minimum absolute atomic E-state index is 0.0479. The Labute approximate surface area is 191 Å². The van der Waals surface area contributed by atoms with E-state index in [-0.39, 0.29) is 11.7 Å². The first-order chi connectivity index (χ1) is 13.4. The Hall–Kier alpha value is -1.39. The van der Waals surface area contributed by atoms with Crippen LogP contribution in [0.25, 0.3) is 11.4 Å². The number of hydrogen-bond acceptors (Lipinski definition) is 4. The number of halogens is 2. The van der Waals surface area contributed by atoms with Crippen LogP contribution in [0.5, 0.6) is 0 Å². The fourth-order valence-corrected chi connectivity index (χ4v) is 4.91. The van der Waals surface area contributed by atoms with Gasteiger partial charge in [0.05, 0.1) is 5.75 Å². The lowest BCUT2D eigenvalue weighted by atomic mass is 10.1. The molecule has 1 heterocycles. The lowest BCUT2D eigenvalue weighted by molar-refractivity contribution is -0.113. The van der Waals surface area contributed by atoms with E-state index < -0.39 is 0 Å². The maximum atomic E-state index is 12.5. The molecule has 2 aromatic carbocycles. The third-order valence-electron chi connectivity index (χ3n) is 4.23. The Kier molecular flexibility index (Phi) is 7.16. The molecule has 0 fully saturated rings. The zero-order chi connectivity index (χ0) is 20.3. The standard InChI is InChI=1S/C20H20BrIN4OS/c1-4-26-19(14-5-7-15(21)8-6-14)24-25-20(26)28-11-17(27)23-18-12(2)9-16(22)10-13(18)3/h5-10H,4,11H2,1-3H3,(H,23,27). The summed E-state index contributed by atoms with van der Waals surface area (Å²) in [6.07, 6.45) is 0. The number of rotatable bonds is 6. The van der Waals surface area contributed by atoms with Gasteiger partial charge in [0.25, 0.3) is 0 Å². The van der Waals surface area contributed by atoms with Crippen LogP contribution in [0.4, 0.5) is 5.69 Å². The molecule has 0 aliphatic carbocycles. The van der Waals surface area contributed by atoms with Crippen LogP contribution in [0.3, 0.4) is 0 Å². The highest BCUT2D eigenvalue weighted by molar-refractivity contribution is 14.1. The molecular weight excluding hydrogens is 551 g/mol. The average molecular weight is 571 g/mol. The molecule has 3 rings (SSSR count). The minimum atomic E-state index is -0.0479. The second-order valence-electron chi connectivity index (χ2n) is 6.31. The highest BCUT2D eigenvalue weighted by atomic mass is 127. The van der Waals surface area contributed by atoms with Gasteiger partial charge in [-0.05, 0) is 78.8 Å². The second-order valence-corrected chi connectivity index (χ2v) is 9.41. The number of nitrogens with one attached hydrogen (secondary N) is 1. The zero-order valence-corrected chi connectivity index (χ0v) is 20.4. The number of carbonyl (C=O) groups is 1. The SMILES string of the molecule is CCn1c(SCC(=O)Nc2c(C)cc(I)cc2C)nnc1-c1ccc(Br)cc1. The Morgan fingerprint density at radius 3 is 2.43 bits per heavy atom. The van der Waals surface area contributed by atoms with Gasteiger partial charge in [-0.1, -0.05) is 39.8 Å². The molecule has 0 bridgehead atoms. The molecule has 0 aliphatic rings. The summed E-state index contributed by atoms with van der Waals surface area (Å²) in [6, 6.07) is 12.1. The maximum absolute atomic E-state index is 12.5. The van der Waals surface area contributed by atoms with Gasteiger partial charge in [0, 0.05) is 25.8 Å². The second kappa shape index (κ2) is 9.41. The number of hydrogen-bond donors (Lipinski definition) is 1. The third-order valence-corrected chi connectivity index (χ3v) is 6.35. The summed E-state index contributed by atoms with van der Waals surface area (Å²) in [5, 5.41) is 12.4. The van der Waals surface area contributed by atoms with Gasteiger partial charge in [0.15, 0.2) is 11.0 Å². The van der Waals surface area contributed by atoms with Crippen molar-refractivity contribution in [2.75, 3.05) is 11.1 Å². The van der Waals surface area contributed by atoms with Crippen LogP contribution in [0, 0.1) is 17.4 Å². The van der Waals surface area contributed by atoms with Crippen molar-refractivity contribution in [1.29, 1.82) is 0 Å². The molecule has 28 heavy (non-hydrogen) atoms. The quantitative estimate of drug-likeness (QED) is 0.306. The van der Waals surface area contributed by atoms with Crippen molar-refractivity contribution in [3.63, 3.8) is 0 Å². The molecule has 5 nitrogen and oxygen atoms in total. The first kappa shape index (κ1) is 21.3. The van der Waals surface area contributed by atoms with Gasteiger partial charge in [-0.15, -0.1) is 10.2 Å². The van der Waals surface area contributed by atoms with E-state index in [9.17, 15) is 4.79 Å². The monoisotopic (exact) mass is 570 g/mol. The molecule has 0 saturated heterocycles. The Morgan fingerprint density at radius 1 is 1.18 bits per heavy atom. The summed E-state index contributed by atoms with van der Waals surface area (Å²) < 4.78 is 4.21. The predicted molar refractivity (Wildman–Crippen MR) is 127 cm³/mol. The van der Waals surface area contributed by atoms with Crippen molar-refractivity contribution in [2.24, 2.45) is 0 Å². The van der Waals surface area contributed by atoms with Gasteiger partial charge in [-0.25, -0.2) is 0 Å². The molecule has 0 spiro atoms. The lowest BCUT2D eigenvalue weighted by Gasteiger charge is -2.12. The topological polar surface area (TPSA) is 59.8 Å². The van der Waals surface area contributed by atoms with Crippen molar-refractivity contribution in [1.82, 2.24) is 14.8 Å². The van der Waals surface area contributed by atoms with E-state index in [1.807, 2.05) is 49.6 Å². The van der Waals surface area contributed by atoms with E-state index in [1.54, 1.807) is 0 Å². The first-order valence-corrected chi connectivity index (χ1v) is 11.6. The zero-order valence-electron chi connectivity index (χ0n) is 15.8. The van der Waals surface area contributed by atoms with E-state index >= 15 is 0 Å². The number of thioether (sulfide) groups is 1. The molecule has 3 aromatic rings. The summed E-state index contributed by atoms with van der Waals surface area (Å²) in [5.74, 6) is 1.04. The summed E-state index contributed by atoms with van der Waals surface area (Å²) in [4.78, 5) is 12.5. The number of anilines is 1. The van der Waals surface area contributed by atoms with Crippen LogP contribution >= 0.6 is 50.3 Å². The highest BCUT2D eigenvalue weighted by Gasteiger charge is 2.15. The van der Waals surface area contributed by atoms with Crippen molar-refractivity contribution in [2.45, 2.75) is 32.5 Å². The minimum Gasteiger partial charge on any atom is -0.325 e. The van der Waals surface area contributed by atoms with E-state index in [2.05, 4.69) is 66.2 Å². The lowest BCUT2D eigenvalue weighted by Crippen LogP contribution is -2.16. The molecule has 1 N–H and O–H groups in total. The molecule has 0 aliphatic heterocycles. The smallest absolute Gasteiger partial charge is 0.234 e. The van der Waals surface area contributed by atoms with E-state index in [4.69, 9.17) is 0 Å². The number of amides is 1. The normalized spacial score (nSPS) is 10.9. The van der Waals surface area contributed by atoms with Gasteiger partial charge in [-0.2, -0.15) is 0 Å². The molecule has 0 radical (unpaired) electrons. The van der Waals surface area contributed by atoms with Crippen LogP contribution in [0.15, 0.2) is 46.0 Å². The van der Waals surface area contributed by atoms with Crippen molar-refractivity contribution < 1.29 is 4.79 Å². The first-order valence-electron chi connectivity index (χ1n) is 8.77. The summed E-state index contributed by atoms with van der Waals surface area (Å²) in [6.45, 7) is 6.80. The van der Waals surface area contributed by atoms with Gasteiger partial charge >= 0.3 is 0 Å². The molecule has 0 saturated carbocycles. The van der Waals surface area contributed by atoms with Gasteiger partial charge in [0.1, 0.15) is 0 Å². The number of carbonyl (C=O) groups excluding carboxylic acids is 1. The van der Waals surface area contributed by atoms with Crippen LogP contribution in [0.2, 0.25) is 0 Å². The van der Waals surface area contributed by atoms with Gasteiger partial charge in [0.2, 0.25) is 5.91 Å². The van der Waals surface area contributed by atoms with Crippen LogP contribution in [-0.4, -0.2) is 26.4 Å². The summed E-state index contributed by atoms with van der Waals surface area (Å²) in [5.41, 5.74) is 4.02. The van der Waals surface area contributed by atoms with Crippen molar-refractivity contribution >= 4 is 61.9 Å². The summed E-state index contributed by atoms with van der Waals surface area (Å²) >= 11 is 7.13. The van der Waals surface area contributed by atoms with Crippen LogP contribution in [-0.2, 0) is 11.3 Å². The molecule has 1 amide bonds. The average Bonchev–Trinajstić information content (AvgIpc) is 3.06. The van der Waals surface area contributed by atoms with E-state index in [1.165, 1.54) is 11.8 Å². The highest BCUT2D eigenvalue weighted by Crippen LogP contribution is 2.26. The predicted octanol–water partition coefficient (Wildman–Crippen LogP) is 5.68. The fraction of sp³-hybridized carbons (Fsp3) is 0.250. The van der Waals surface area contributed by atoms with Crippen LogP contribution < -0.4 is 5.32 Å². The molecular formula is C20H20BrIN4OS. The Balaban J connectivity index is 1.71. The fourth-order valence-electron chi connectivity index (χ4n) is 2.91. The van der Waals surface area contributed by atoms with Gasteiger partial charge in [-0.3, -0.25) is 4.79 Å². The largest absolute Gasteiger partial charge is 0.325 e. The van der Waals surface area contributed by atoms with Crippen molar-refractivity contribution in [3.05, 3.63) is 55.6 Å². The molecule has 146 valence electrons. The molecule has 0 unspecified atom stereocenters. The third kappa shape index (κ3) is 4.96. The van der Waals surface area contributed by atoms with Crippen molar-refractivity contribution in [3.8, 4) is 11.4 Å². The Morgan fingerprint density at radius 2 is 1.82 bits per heavy atom. The number of aryl methyl sites for hydroxylation is 2. The number of benzene rings is 2. The van der Waals surface area contributed by atoms with Gasteiger partial charge < -0.3 is 9.88 Å².